The molecule has 1 aliphatic rings. The van der Waals surface area contributed by atoms with E-state index in [0.717, 1.165) is 38.3 Å². The lowest BCUT2D eigenvalue weighted by atomic mass is 10.1. The Bertz CT molecular complexity index is 468. The van der Waals surface area contributed by atoms with Gasteiger partial charge in [0, 0.05) is 32.2 Å². The van der Waals surface area contributed by atoms with Crippen molar-refractivity contribution < 1.29 is 22.3 Å². The Kier molecular flexibility index (Phi) is 8.46. The molecule has 1 fully saturated rings. The lowest BCUT2D eigenvalue weighted by Crippen LogP contribution is -2.44. The summed E-state index contributed by atoms with van der Waals surface area (Å²) >= 11 is 0. The predicted octanol–water partition coefficient (Wildman–Crippen LogP) is 3.53. The lowest BCUT2D eigenvalue weighted by molar-refractivity contribution is -0.275. The van der Waals surface area contributed by atoms with Crippen LogP contribution in [0.2, 0.25) is 0 Å². The monoisotopic (exact) mass is 364 g/mol. The molecule has 1 aliphatic heterocycles. The highest BCUT2D eigenvalue weighted by molar-refractivity contribution is 5.85. The van der Waals surface area contributed by atoms with Crippen LogP contribution >= 0.6 is 24.8 Å². The molecular formula is C13H18Cl2F4N2O. The van der Waals surface area contributed by atoms with Gasteiger partial charge in [-0.3, -0.25) is 4.90 Å². The standard InChI is InChI=1S/C13H16F4N2O.2ClH/c1-9(19-6-4-18-5-7-19)10-2-3-12(11(14)8-10)20-13(15,16)17;;/h2-3,8-9,18H,4-7H2,1H3;2*1H/t9-;;/m0../s1. The van der Waals surface area contributed by atoms with E-state index in [1.54, 1.807) is 0 Å². The van der Waals surface area contributed by atoms with E-state index < -0.39 is 17.9 Å². The molecule has 0 aliphatic carbocycles. The molecule has 0 amide bonds. The molecule has 22 heavy (non-hydrogen) atoms. The number of alkyl halides is 3. The molecule has 0 aromatic heterocycles. The van der Waals surface area contributed by atoms with Crippen molar-refractivity contribution in [2.45, 2.75) is 19.3 Å². The smallest absolute Gasteiger partial charge is 0.403 e. The third kappa shape index (κ3) is 5.79. The first kappa shape index (κ1) is 21.2. The lowest BCUT2D eigenvalue weighted by Gasteiger charge is -2.33. The molecular weight excluding hydrogens is 347 g/mol. The third-order valence-corrected chi connectivity index (χ3v) is 3.36. The first-order chi connectivity index (χ1) is 9.37. The van der Waals surface area contributed by atoms with Gasteiger partial charge in [-0.1, -0.05) is 6.07 Å². The van der Waals surface area contributed by atoms with Gasteiger partial charge in [-0.2, -0.15) is 0 Å². The molecule has 0 unspecified atom stereocenters. The second-order valence-corrected chi connectivity index (χ2v) is 4.70. The number of piperazine rings is 1. The highest BCUT2D eigenvalue weighted by Gasteiger charge is 2.32. The summed E-state index contributed by atoms with van der Waals surface area (Å²) in [5.74, 6) is -1.80. The molecule has 1 atom stereocenters. The fourth-order valence-corrected chi connectivity index (χ4v) is 2.26. The van der Waals surface area contributed by atoms with Crippen molar-refractivity contribution in [1.82, 2.24) is 10.2 Å². The minimum Gasteiger partial charge on any atom is -0.403 e. The minimum absolute atomic E-state index is 0. The first-order valence-corrected chi connectivity index (χ1v) is 6.37. The molecule has 1 heterocycles. The Morgan fingerprint density at radius 1 is 1.18 bits per heavy atom. The van der Waals surface area contributed by atoms with Crippen LogP contribution in [0.25, 0.3) is 0 Å². The molecule has 0 radical (unpaired) electrons. The highest BCUT2D eigenvalue weighted by Crippen LogP contribution is 2.29. The van der Waals surface area contributed by atoms with Crippen LogP contribution < -0.4 is 10.1 Å². The van der Waals surface area contributed by atoms with E-state index in [-0.39, 0.29) is 30.9 Å². The molecule has 128 valence electrons. The topological polar surface area (TPSA) is 24.5 Å². The van der Waals surface area contributed by atoms with Gasteiger partial charge in [0.25, 0.3) is 0 Å². The zero-order valence-corrected chi connectivity index (χ0v) is 13.5. The molecule has 9 heteroatoms. The average Bonchev–Trinajstić information content (AvgIpc) is 2.40. The Hall–Kier alpha value is -0.760. The van der Waals surface area contributed by atoms with Gasteiger partial charge in [0.15, 0.2) is 11.6 Å². The van der Waals surface area contributed by atoms with Crippen LogP contribution in [0.3, 0.4) is 0 Å². The number of hydrogen-bond donors (Lipinski definition) is 1. The number of nitrogens with zero attached hydrogens (tertiary/aromatic N) is 1. The number of ether oxygens (including phenoxy) is 1. The second-order valence-electron chi connectivity index (χ2n) is 4.70. The van der Waals surface area contributed by atoms with E-state index in [4.69, 9.17) is 0 Å². The summed E-state index contributed by atoms with van der Waals surface area (Å²) in [6, 6.07) is 3.55. The molecule has 0 saturated carbocycles. The zero-order chi connectivity index (χ0) is 14.8. The van der Waals surface area contributed by atoms with E-state index in [1.807, 2.05) is 6.92 Å². The fraction of sp³-hybridized carbons (Fsp3) is 0.538. The number of benzene rings is 1. The van der Waals surface area contributed by atoms with Gasteiger partial charge in [0.1, 0.15) is 0 Å². The predicted molar refractivity (Wildman–Crippen MR) is 80.4 cm³/mol. The van der Waals surface area contributed by atoms with Gasteiger partial charge in [-0.25, -0.2) is 4.39 Å². The number of nitrogens with one attached hydrogen (secondary N) is 1. The van der Waals surface area contributed by atoms with Crippen molar-refractivity contribution in [2.24, 2.45) is 0 Å². The average molecular weight is 365 g/mol. The first-order valence-electron chi connectivity index (χ1n) is 6.37. The maximum Gasteiger partial charge on any atom is 0.573 e. The van der Waals surface area contributed by atoms with Crippen molar-refractivity contribution in [2.75, 3.05) is 26.2 Å². The van der Waals surface area contributed by atoms with Gasteiger partial charge in [-0.15, -0.1) is 38.0 Å². The van der Waals surface area contributed by atoms with Crippen molar-refractivity contribution in [3.05, 3.63) is 29.6 Å². The number of halogens is 6. The van der Waals surface area contributed by atoms with Crippen molar-refractivity contribution in [3.8, 4) is 5.75 Å². The van der Waals surface area contributed by atoms with Gasteiger partial charge >= 0.3 is 6.36 Å². The maximum absolute atomic E-state index is 13.7. The molecule has 0 spiro atoms. The summed E-state index contributed by atoms with van der Waals surface area (Å²) in [6.07, 6.45) is -4.88. The third-order valence-electron chi connectivity index (χ3n) is 3.36. The fourth-order valence-electron chi connectivity index (χ4n) is 2.26. The Morgan fingerprint density at radius 2 is 1.77 bits per heavy atom. The summed E-state index contributed by atoms with van der Waals surface area (Å²) in [6.45, 7) is 5.25. The van der Waals surface area contributed by atoms with E-state index in [2.05, 4.69) is 15.0 Å². The van der Waals surface area contributed by atoms with E-state index in [1.165, 1.54) is 6.07 Å². The van der Waals surface area contributed by atoms with Gasteiger partial charge < -0.3 is 10.1 Å². The SMILES string of the molecule is C[C@@H](c1ccc(OC(F)(F)F)c(F)c1)N1CCNCC1.Cl.Cl. The molecule has 1 N–H and O–H groups in total. The van der Waals surface area contributed by atoms with E-state index in [0.29, 0.717) is 5.56 Å². The molecule has 1 saturated heterocycles. The van der Waals surface area contributed by atoms with Crippen LogP contribution in [0.1, 0.15) is 18.5 Å². The normalized spacial score (nSPS) is 17.1. The van der Waals surface area contributed by atoms with Crippen LogP contribution in [0.15, 0.2) is 18.2 Å². The number of hydrogen-bond acceptors (Lipinski definition) is 3. The molecule has 2 rings (SSSR count). The minimum atomic E-state index is -4.88. The summed E-state index contributed by atoms with van der Waals surface area (Å²) < 4.78 is 53.5. The second kappa shape index (κ2) is 8.76. The summed E-state index contributed by atoms with van der Waals surface area (Å²) in [5, 5.41) is 3.21. The Morgan fingerprint density at radius 3 is 2.27 bits per heavy atom. The molecule has 3 nitrogen and oxygen atoms in total. The van der Waals surface area contributed by atoms with Crippen molar-refractivity contribution >= 4 is 24.8 Å². The van der Waals surface area contributed by atoms with Crippen molar-refractivity contribution in [3.63, 3.8) is 0 Å². The van der Waals surface area contributed by atoms with Gasteiger partial charge in [0.05, 0.1) is 0 Å². The van der Waals surface area contributed by atoms with Crippen LogP contribution in [0, 0.1) is 5.82 Å². The quantitative estimate of drug-likeness (QED) is 0.830. The largest absolute Gasteiger partial charge is 0.573 e. The summed E-state index contributed by atoms with van der Waals surface area (Å²) in [4.78, 5) is 2.15. The van der Waals surface area contributed by atoms with Crippen LogP contribution in [0.4, 0.5) is 17.6 Å². The Balaban J connectivity index is 0.00000220. The molecule has 1 aromatic carbocycles. The van der Waals surface area contributed by atoms with Crippen molar-refractivity contribution in [1.29, 1.82) is 0 Å². The summed E-state index contributed by atoms with van der Waals surface area (Å²) in [7, 11) is 0. The van der Waals surface area contributed by atoms with Gasteiger partial charge in [-0.05, 0) is 24.6 Å². The van der Waals surface area contributed by atoms with Crippen LogP contribution in [-0.2, 0) is 0 Å². The number of rotatable bonds is 3. The molecule has 1 aromatic rings. The highest BCUT2D eigenvalue weighted by atomic mass is 35.5. The molecule has 0 bridgehead atoms. The Labute approximate surface area is 138 Å². The van der Waals surface area contributed by atoms with E-state index >= 15 is 0 Å². The van der Waals surface area contributed by atoms with Crippen LogP contribution in [-0.4, -0.2) is 37.4 Å². The zero-order valence-electron chi connectivity index (χ0n) is 11.8. The van der Waals surface area contributed by atoms with Gasteiger partial charge in [0.2, 0.25) is 0 Å². The maximum atomic E-state index is 13.7. The van der Waals surface area contributed by atoms with E-state index in [9.17, 15) is 17.6 Å². The van der Waals surface area contributed by atoms with Crippen LogP contribution in [0.5, 0.6) is 5.75 Å². The summed E-state index contributed by atoms with van der Waals surface area (Å²) in [5.41, 5.74) is 0.638.